The molecule has 0 spiro atoms. The minimum absolute atomic E-state index is 0.253. The lowest BCUT2D eigenvalue weighted by Gasteiger charge is -2.32. The molecule has 3 unspecified atom stereocenters. The summed E-state index contributed by atoms with van der Waals surface area (Å²) in [5.74, 6) is 1.72. The van der Waals surface area contributed by atoms with Gasteiger partial charge in [0.05, 0.1) is 19.3 Å². The van der Waals surface area contributed by atoms with Crippen LogP contribution in [0.25, 0.3) is 0 Å². The summed E-state index contributed by atoms with van der Waals surface area (Å²) in [5.41, 5.74) is 1.25. The maximum Gasteiger partial charge on any atom is 0.122 e. The van der Waals surface area contributed by atoms with E-state index >= 15 is 0 Å². The quantitative estimate of drug-likeness (QED) is 0.910. The summed E-state index contributed by atoms with van der Waals surface area (Å²) in [6.45, 7) is 2.32. The Kier molecular flexibility index (Phi) is 4.04. The molecule has 19 heavy (non-hydrogen) atoms. The van der Waals surface area contributed by atoms with Crippen LogP contribution in [-0.2, 0) is 4.74 Å². The lowest BCUT2D eigenvalue weighted by atomic mass is 9.83. The normalized spacial score (nSPS) is 28.3. The summed E-state index contributed by atoms with van der Waals surface area (Å²) in [6, 6.07) is 8.21. The van der Waals surface area contributed by atoms with Gasteiger partial charge in [-0.2, -0.15) is 0 Å². The van der Waals surface area contributed by atoms with E-state index in [1.54, 1.807) is 0 Å². The minimum Gasteiger partial charge on any atom is -0.493 e. The smallest absolute Gasteiger partial charge is 0.122 e. The predicted molar refractivity (Wildman–Crippen MR) is 73.5 cm³/mol. The van der Waals surface area contributed by atoms with E-state index in [-0.39, 0.29) is 6.10 Å². The highest BCUT2D eigenvalue weighted by Gasteiger charge is 2.28. The van der Waals surface area contributed by atoms with Crippen LogP contribution in [-0.4, -0.2) is 31.0 Å². The molecule has 3 nitrogen and oxygen atoms in total. The number of aliphatic hydroxyl groups excluding tert-OH is 1. The average Bonchev–Trinajstić information content (AvgIpc) is 2.48. The van der Waals surface area contributed by atoms with E-state index in [0.29, 0.717) is 18.4 Å². The highest BCUT2D eigenvalue weighted by Crippen LogP contribution is 2.37. The van der Waals surface area contributed by atoms with Gasteiger partial charge >= 0.3 is 0 Å². The lowest BCUT2D eigenvalue weighted by molar-refractivity contribution is -0.0155. The molecule has 0 radical (unpaired) electrons. The topological polar surface area (TPSA) is 38.7 Å². The SMILES string of the molecule is OC(CC1CCOc2ccccc21)C1CCCOC1. The summed E-state index contributed by atoms with van der Waals surface area (Å²) < 4.78 is 11.2. The van der Waals surface area contributed by atoms with E-state index in [1.807, 2.05) is 12.1 Å². The summed E-state index contributed by atoms with van der Waals surface area (Å²) >= 11 is 0. The van der Waals surface area contributed by atoms with Gasteiger partial charge in [-0.3, -0.25) is 0 Å². The summed E-state index contributed by atoms with van der Waals surface area (Å²) in [5, 5.41) is 10.4. The standard InChI is InChI=1S/C16H22O3/c17-15(13-4-3-8-18-11-13)10-12-7-9-19-16-6-2-1-5-14(12)16/h1-2,5-6,12-13,15,17H,3-4,7-11H2. The zero-order chi connectivity index (χ0) is 13.1. The molecule has 2 aliphatic heterocycles. The second kappa shape index (κ2) is 5.93. The van der Waals surface area contributed by atoms with E-state index in [0.717, 1.165) is 44.6 Å². The fourth-order valence-corrected chi connectivity index (χ4v) is 3.21. The molecule has 2 aliphatic rings. The zero-order valence-corrected chi connectivity index (χ0v) is 11.3. The monoisotopic (exact) mass is 262 g/mol. The number of fused-ring (bicyclic) bond motifs is 1. The molecule has 1 aromatic carbocycles. The van der Waals surface area contributed by atoms with Crippen molar-refractivity contribution in [2.75, 3.05) is 19.8 Å². The van der Waals surface area contributed by atoms with Crippen molar-refractivity contribution in [2.45, 2.75) is 37.7 Å². The van der Waals surface area contributed by atoms with Crippen LogP contribution in [0, 0.1) is 5.92 Å². The highest BCUT2D eigenvalue weighted by atomic mass is 16.5. The van der Waals surface area contributed by atoms with Crippen LogP contribution in [0.2, 0.25) is 0 Å². The molecule has 1 fully saturated rings. The van der Waals surface area contributed by atoms with Crippen molar-refractivity contribution in [3.05, 3.63) is 29.8 Å². The third-order valence-corrected chi connectivity index (χ3v) is 4.35. The first-order chi connectivity index (χ1) is 9.34. The number of hydrogen-bond acceptors (Lipinski definition) is 3. The molecule has 3 rings (SSSR count). The van der Waals surface area contributed by atoms with Gasteiger partial charge in [0.15, 0.2) is 0 Å². The van der Waals surface area contributed by atoms with E-state index in [2.05, 4.69) is 12.1 Å². The van der Waals surface area contributed by atoms with Crippen molar-refractivity contribution >= 4 is 0 Å². The summed E-state index contributed by atoms with van der Waals surface area (Å²) in [6.07, 6.45) is 3.74. The summed E-state index contributed by atoms with van der Waals surface area (Å²) in [7, 11) is 0. The van der Waals surface area contributed by atoms with E-state index in [4.69, 9.17) is 9.47 Å². The molecule has 2 heterocycles. The third-order valence-electron chi connectivity index (χ3n) is 4.35. The van der Waals surface area contributed by atoms with Crippen molar-refractivity contribution in [1.29, 1.82) is 0 Å². The van der Waals surface area contributed by atoms with Gasteiger partial charge in [-0.15, -0.1) is 0 Å². The van der Waals surface area contributed by atoms with Gasteiger partial charge in [0.2, 0.25) is 0 Å². The molecule has 104 valence electrons. The van der Waals surface area contributed by atoms with Crippen LogP contribution in [0.15, 0.2) is 24.3 Å². The fraction of sp³-hybridized carbons (Fsp3) is 0.625. The fourth-order valence-electron chi connectivity index (χ4n) is 3.21. The predicted octanol–water partition coefficient (Wildman–Crippen LogP) is 2.73. The number of ether oxygens (including phenoxy) is 2. The Morgan fingerprint density at radius 2 is 2.11 bits per heavy atom. The molecule has 0 aliphatic carbocycles. The van der Waals surface area contributed by atoms with Gasteiger partial charge in [0.1, 0.15) is 5.75 Å². The van der Waals surface area contributed by atoms with Gasteiger partial charge in [-0.1, -0.05) is 18.2 Å². The average molecular weight is 262 g/mol. The van der Waals surface area contributed by atoms with Crippen molar-refractivity contribution in [3.8, 4) is 5.75 Å². The number of rotatable bonds is 3. The van der Waals surface area contributed by atoms with Crippen molar-refractivity contribution < 1.29 is 14.6 Å². The Morgan fingerprint density at radius 1 is 1.21 bits per heavy atom. The number of hydrogen-bond donors (Lipinski definition) is 1. The second-order valence-electron chi connectivity index (χ2n) is 5.65. The Bertz CT molecular complexity index is 412. The van der Waals surface area contributed by atoms with Crippen LogP contribution >= 0.6 is 0 Å². The molecule has 0 saturated carbocycles. The van der Waals surface area contributed by atoms with Crippen LogP contribution < -0.4 is 4.74 Å². The van der Waals surface area contributed by atoms with Crippen molar-refractivity contribution in [1.82, 2.24) is 0 Å². The maximum absolute atomic E-state index is 10.4. The Balaban J connectivity index is 1.66. The number of para-hydroxylation sites is 1. The highest BCUT2D eigenvalue weighted by molar-refractivity contribution is 5.37. The van der Waals surface area contributed by atoms with Gasteiger partial charge in [0, 0.05) is 12.5 Å². The van der Waals surface area contributed by atoms with Crippen LogP contribution in [0.3, 0.4) is 0 Å². The van der Waals surface area contributed by atoms with Crippen LogP contribution in [0.1, 0.15) is 37.2 Å². The van der Waals surface area contributed by atoms with Crippen molar-refractivity contribution in [3.63, 3.8) is 0 Å². The first-order valence-electron chi connectivity index (χ1n) is 7.32. The molecule has 1 saturated heterocycles. The van der Waals surface area contributed by atoms with Gasteiger partial charge in [0.25, 0.3) is 0 Å². The maximum atomic E-state index is 10.4. The first-order valence-corrected chi connectivity index (χ1v) is 7.32. The Labute approximate surface area is 114 Å². The van der Waals surface area contributed by atoms with E-state index < -0.39 is 0 Å². The minimum atomic E-state index is -0.253. The zero-order valence-electron chi connectivity index (χ0n) is 11.3. The Hall–Kier alpha value is -1.06. The third kappa shape index (κ3) is 2.93. The molecule has 1 aromatic rings. The van der Waals surface area contributed by atoms with Crippen LogP contribution in [0.5, 0.6) is 5.75 Å². The lowest BCUT2D eigenvalue weighted by Crippen LogP contribution is -2.31. The van der Waals surface area contributed by atoms with E-state index in [1.165, 1.54) is 5.56 Å². The second-order valence-corrected chi connectivity index (χ2v) is 5.65. The van der Waals surface area contributed by atoms with E-state index in [9.17, 15) is 5.11 Å². The molecular weight excluding hydrogens is 240 g/mol. The number of aliphatic hydroxyl groups is 1. The Morgan fingerprint density at radius 3 is 2.95 bits per heavy atom. The molecule has 0 bridgehead atoms. The molecule has 0 amide bonds. The van der Waals surface area contributed by atoms with Crippen molar-refractivity contribution in [2.24, 2.45) is 5.92 Å². The molecule has 0 aromatic heterocycles. The van der Waals surface area contributed by atoms with Gasteiger partial charge in [-0.25, -0.2) is 0 Å². The molecule has 3 heteroatoms. The first kappa shape index (κ1) is 12.9. The largest absolute Gasteiger partial charge is 0.493 e. The molecule has 1 N–H and O–H groups in total. The number of benzene rings is 1. The molecular formula is C16H22O3. The molecule has 3 atom stereocenters. The summed E-state index contributed by atoms with van der Waals surface area (Å²) in [4.78, 5) is 0. The van der Waals surface area contributed by atoms with Crippen LogP contribution in [0.4, 0.5) is 0 Å². The van der Waals surface area contributed by atoms with Gasteiger partial charge in [-0.05, 0) is 43.2 Å². The van der Waals surface area contributed by atoms with Gasteiger partial charge < -0.3 is 14.6 Å².